The Kier molecular flexibility index (Phi) is 10.4. The van der Waals surface area contributed by atoms with Crippen LogP contribution in [0.1, 0.15) is 56.9 Å². The molecule has 0 aromatic heterocycles. The molecule has 8 heteroatoms. The summed E-state index contributed by atoms with van der Waals surface area (Å²) in [6, 6.07) is 6.50. The Morgan fingerprint density at radius 2 is 1.88 bits per heavy atom. The molecule has 1 saturated carbocycles. The van der Waals surface area contributed by atoms with E-state index in [0.29, 0.717) is 12.9 Å². The molecule has 0 radical (unpaired) electrons. The Morgan fingerprint density at radius 1 is 1.12 bits per heavy atom. The van der Waals surface area contributed by atoms with Crippen LogP contribution in [0.25, 0.3) is 0 Å². The van der Waals surface area contributed by atoms with Crippen molar-refractivity contribution in [1.29, 1.82) is 0 Å². The molecular weight excluding hydrogens is 533 g/mol. The molecule has 1 aromatic carbocycles. The molecule has 1 aliphatic carbocycles. The number of nitrogens with one attached hydrogen (secondary N) is 1. The van der Waals surface area contributed by atoms with Gasteiger partial charge in [0.05, 0.1) is 6.10 Å². The summed E-state index contributed by atoms with van der Waals surface area (Å²) in [4.78, 5) is 7.00. The number of aliphatic imine (C=N–C) groups is 1. The van der Waals surface area contributed by atoms with Gasteiger partial charge >= 0.3 is 0 Å². The predicted molar refractivity (Wildman–Crippen MR) is 141 cm³/mol. The summed E-state index contributed by atoms with van der Waals surface area (Å²) in [5.74, 6) is 2.74. The van der Waals surface area contributed by atoms with Gasteiger partial charge in [-0.1, -0.05) is 25.3 Å². The summed E-state index contributed by atoms with van der Waals surface area (Å²) in [6.07, 6.45) is 9.62. The molecule has 0 bridgehead atoms. The van der Waals surface area contributed by atoms with Crippen LogP contribution in [-0.2, 0) is 14.9 Å². The van der Waals surface area contributed by atoms with Crippen LogP contribution in [-0.4, -0.2) is 70.8 Å². The molecule has 0 spiro atoms. The van der Waals surface area contributed by atoms with Gasteiger partial charge in [-0.25, -0.2) is 0 Å². The number of nitrogens with zero attached hydrogens (tertiary/aromatic N) is 2. The molecule has 0 atom stereocenters. The van der Waals surface area contributed by atoms with E-state index in [1.165, 1.54) is 37.7 Å². The number of ether oxygens (including phenoxy) is 4. The van der Waals surface area contributed by atoms with Gasteiger partial charge in [0.15, 0.2) is 17.5 Å². The maximum Gasteiger partial charge on any atom is 0.231 e. The third kappa shape index (κ3) is 6.66. The number of piperidine rings is 1. The van der Waals surface area contributed by atoms with Crippen LogP contribution < -0.4 is 14.8 Å². The second kappa shape index (κ2) is 13.0. The van der Waals surface area contributed by atoms with E-state index >= 15 is 0 Å². The highest BCUT2D eigenvalue weighted by Crippen LogP contribution is 2.43. The van der Waals surface area contributed by atoms with Crippen LogP contribution in [0.4, 0.5) is 0 Å². The van der Waals surface area contributed by atoms with Crippen molar-refractivity contribution in [3.63, 3.8) is 0 Å². The van der Waals surface area contributed by atoms with Gasteiger partial charge in [-0.3, -0.25) is 4.99 Å². The van der Waals surface area contributed by atoms with Gasteiger partial charge in [0, 0.05) is 52.4 Å². The molecule has 7 nitrogen and oxygen atoms in total. The molecule has 2 heterocycles. The van der Waals surface area contributed by atoms with E-state index in [2.05, 4.69) is 33.4 Å². The molecule has 1 N–H and O–H groups in total. The first-order chi connectivity index (χ1) is 15.7. The summed E-state index contributed by atoms with van der Waals surface area (Å²) in [5.41, 5.74) is 1.46. The standard InChI is InChI=1S/C25H39N3O4.HI/c1-26-24(28-13-9-21(10-14-28)30-16-6-15-29-2)27-18-25(11-4-3-5-12-25)20-7-8-22-23(17-20)32-19-31-22;/h7-8,17,21H,3-6,9-16,18-19H2,1-2H3,(H,26,27);1H. The zero-order valence-electron chi connectivity index (χ0n) is 20.1. The second-order valence-corrected chi connectivity index (χ2v) is 9.21. The lowest BCUT2D eigenvalue weighted by atomic mass is 9.69. The van der Waals surface area contributed by atoms with Crippen molar-refractivity contribution in [3.8, 4) is 11.5 Å². The minimum atomic E-state index is 0. The maximum absolute atomic E-state index is 6.02. The zero-order chi connectivity index (χ0) is 22.2. The number of guanidine groups is 1. The van der Waals surface area contributed by atoms with Crippen LogP contribution in [0.3, 0.4) is 0 Å². The van der Waals surface area contributed by atoms with Gasteiger partial charge in [-0.15, -0.1) is 24.0 Å². The van der Waals surface area contributed by atoms with E-state index in [-0.39, 0.29) is 29.4 Å². The van der Waals surface area contributed by atoms with E-state index in [9.17, 15) is 0 Å². The molecule has 2 aliphatic heterocycles. The molecule has 33 heavy (non-hydrogen) atoms. The van der Waals surface area contributed by atoms with Gasteiger partial charge in [-0.05, 0) is 49.8 Å². The summed E-state index contributed by atoms with van der Waals surface area (Å²) < 4.78 is 22.3. The number of likely N-dealkylation sites (tertiary alicyclic amines) is 1. The Hall–Kier alpha value is -1.26. The monoisotopic (exact) mass is 573 g/mol. The molecule has 0 amide bonds. The van der Waals surface area contributed by atoms with Gasteiger partial charge in [-0.2, -0.15) is 0 Å². The van der Waals surface area contributed by atoms with Crippen molar-refractivity contribution < 1.29 is 18.9 Å². The molecule has 1 saturated heterocycles. The first-order valence-electron chi connectivity index (χ1n) is 12.2. The fourth-order valence-corrected chi connectivity index (χ4v) is 5.29. The Labute approximate surface area is 215 Å². The van der Waals surface area contributed by atoms with Gasteiger partial charge in [0.25, 0.3) is 0 Å². The van der Waals surface area contributed by atoms with Crippen LogP contribution in [0.5, 0.6) is 11.5 Å². The summed E-state index contributed by atoms with van der Waals surface area (Å²) in [5, 5.41) is 3.74. The molecule has 3 aliphatic rings. The number of hydrogen-bond acceptors (Lipinski definition) is 5. The van der Waals surface area contributed by atoms with E-state index < -0.39 is 0 Å². The molecule has 186 valence electrons. The maximum atomic E-state index is 6.02. The van der Waals surface area contributed by atoms with E-state index in [1.54, 1.807) is 7.11 Å². The highest BCUT2D eigenvalue weighted by Gasteiger charge is 2.36. The smallest absolute Gasteiger partial charge is 0.231 e. The number of halogens is 1. The van der Waals surface area contributed by atoms with Crippen LogP contribution >= 0.6 is 24.0 Å². The van der Waals surface area contributed by atoms with Crippen molar-refractivity contribution in [2.24, 2.45) is 4.99 Å². The van der Waals surface area contributed by atoms with Crippen molar-refractivity contribution >= 4 is 29.9 Å². The molecular formula is C25H40IN3O4. The molecule has 2 fully saturated rings. The van der Waals surface area contributed by atoms with Crippen LogP contribution in [0, 0.1) is 0 Å². The second-order valence-electron chi connectivity index (χ2n) is 9.21. The normalized spacial score (nSPS) is 20.4. The minimum absolute atomic E-state index is 0. The van der Waals surface area contributed by atoms with Gasteiger partial charge in [0.2, 0.25) is 6.79 Å². The SMILES string of the molecule is CN=C(NCC1(c2ccc3c(c2)OCO3)CCCCC1)N1CCC(OCCCOC)CC1.I. The minimum Gasteiger partial charge on any atom is -0.454 e. The summed E-state index contributed by atoms with van der Waals surface area (Å²) >= 11 is 0. The van der Waals surface area contributed by atoms with E-state index in [0.717, 1.165) is 69.6 Å². The average Bonchev–Trinajstić information content (AvgIpc) is 3.32. The van der Waals surface area contributed by atoms with Gasteiger partial charge < -0.3 is 29.2 Å². The summed E-state index contributed by atoms with van der Waals surface area (Å²) in [6.45, 7) is 4.72. The molecule has 4 rings (SSSR count). The lowest BCUT2D eigenvalue weighted by molar-refractivity contribution is 0.00985. The lowest BCUT2D eigenvalue weighted by Gasteiger charge is -2.40. The van der Waals surface area contributed by atoms with Crippen molar-refractivity contribution in [1.82, 2.24) is 10.2 Å². The predicted octanol–water partition coefficient (Wildman–Crippen LogP) is 4.33. The Morgan fingerprint density at radius 3 is 2.61 bits per heavy atom. The topological polar surface area (TPSA) is 64.6 Å². The quantitative estimate of drug-likeness (QED) is 0.216. The first kappa shape index (κ1) is 26.3. The molecule has 0 unspecified atom stereocenters. The van der Waals surface area contributed by atoms with Crippen molar-refractivity contribution in [2.45, 2.75) is 62.9 Å². The van der Waals surface area contributed by atoms with E-state index in [1.807, 2.05) is 7.05 Å². The third-order valence-electron chi connectivity index (χ3n) is 7.18. The van der Waals surface area contributed by atoms with Crippen LogP contribution in [0.2, 0.25) is 0 Å². The Balaban J connectivity index is 0.00000306. The average molecular weight is 574 g/mol. The largest absolute Gasteiger partial charge is 0.454 e. The number of hydrogen-bond donors (Lipinski definition) is 1. The summed E-state index contributed by atoms with van der Waals surface area (Å²) in [7, 11) is 3.63. The number of benzene rings is 1. The fraction of sp³-hybridized carbons (Fsp3) is 0.720. The third-order valence-corrected chi connectivity index (χ3v) is 7.18. The number of fused-ring (bicyclic) bond motifs is 1. The molecule has 1 aromatic rings. The highest BCUT2D eigenvalue weighted by atomic mass is 127. The first-order valence-corrected chi connectivity index (χ1v) is 12.2. The Bertz CT molecular complexity index is 762. The number of methoxy groups -OCH3 is 1. The van der Waals surface area contributed by atoms with Gasteiger partial charge in [0.1, 0.15) is 0 Å². The fourth-order valence-electron chi connectivity index (χ4n) is 5.29. The lowest BCUT2D eigenvalue weighted by Crippen LogP contribution is -2.51. The van der Waals surface area contributed by atoms with Crippen molar-refractivity contribution in [3.05, 3.63) is 23.8 Å². The van der Waals surface area contributed by atoms with E-state index in [4.69, 9.17) is 18.9 Å². The van der Waals surface area contributed by atoms with Crippen molar-refractivity contribution in [2.75, 3.05) is 53.8 Å². The highest BCUT2D eigenvalue weighted by molar-refractivity contribution is 14.0. The number of rotatable bonds is 8. The van der Waals surface area contributed by atoms with Crippen LogP contribution in [0.15, 0.2) is 23.2 Å². The zero-order valence-corrected chi connectivity index (χ0v) is 22.5.